The fourth-order valence-electron chi connectivity index (χ4n) is 1.23. The molecule has 3 nitrogen and oxygen atoms in total. The third kappa shape index (κ3) is 1.85. The summed E-state index contributed by atoms with van der Waals surface area (Å²) in [5, 5.41) is 3.97. The van der Waals surface area contributed by atoms with Crippen molar-refractivity contribution in [2.75, 3.05) is 5.88 Å². The molecule has 1 aromatic heterocycles. The van der Waals surface area contributed by atoms with Gasteiger partial charge in [-0.1, -0.05) is 12.1 Å². The van der Waals surface area contributed by atoms with E-state index in [-0.39, 0.29) is 5.41 Å². The molecule has 0 N–H and O–H groups in total. The molecule has 1 aliphatic carbocycles. The first-order chi connectivity index (χ1) is 6.24. The zero-order chi connectivity index (χ0) is 9.31. The van der Waals surface area contributed by atoms with Gasteiger partial charge in [-0.25, -0.2) is 0 Å². The van der Waals surface area contributed by atoms with Gasteiger partial charge in [0.25, 0.3) is 0 Å². The van der Waals surface area contributed by atoms with Gasteiger partial charge in [0.2, 0.25) is 5.89 Å². The maximum absolute atomic E-state index is 5.57. The maximum Gasteiger partial charge on any atom is 0.226 e. The summed E-state index contributed by atoms with van der Waals surface area (Å²) in [7, 11) is 0. The number of halogens is 1. The Morgan fingerprint density at radius 2 is 2.31 bits per heavy atom. The smallest absolute Gasteiger partial charge is 0.226 e. The van der Waals surface area contributed by atoms with Crippen molar-refractivity contribution < 1.29 is 4.52 Å². The second-order valence-corrected chi connectivity index (χ2v) is 4.24. The third-order valence-corrected chi connectivity index (χ3v) is 2.80. The van der Waals surface area contributed by atoms with E-state index in [2.05, 4.69) is 17.1 Å². The van der Waals surface area contributed by atoms with E-state index in [0.717, 1.165) is 24.6 Å². The van der Waals surface area contributed by atoms with Crippen LogP contribution in [0.3, 0.4) is 0 Å². The number of aromatic nitrogens is 2. The van der Waals surface area contributed by atoms with Crippen molar-refractivity contribution in [3.8, 4) is 0 Å². The lowest BCUT2D eigenvalue weighted by Gasteiger charge is -1.96. The van der Waals surface area contributed by atoms with Gasteiger partial charge in [-0.2, -0.15) is 4.98 Å². The monoisotopic (exact) mass is 200 g/mol. The minimum Gasteiger partial charge on any atom is -0.339 e. The lowest BCUT2D eigenvalue weighted by Crippen LogP contribution is -2.02. The van der Waals surface area contributed by atoms with E-state index in [4.69, 9.17) is 16.1 Å². The van der Waals surface area contributed by atoms with Crippen molar-refractivity contribution in [1.82, 2.24) is 10.1 Å². The predicted octanol–water partition coefficient (Wildman–Crippen LogP) is 2.29. The number of aryl methyl sites for hydroxylation is 1. The maximum atomic E-state index is 5.57. The first-order valence-corrected chi connectivity index (χ1v) is 5.17. The molecule has 13 heavy (non-hydrogen) atoms. The summed E-state index contributed by atoms with van der Waals surface area (Å²) in [6.45, 7) is 2.17. The zero-order valence-electron chi connectivity index (χ0n) is 7.72. The van der Waals surface area contributed by atoms with E-state index < -0.39 is 0 Å². The molecular weight excluding hydrogens is 188 g/mol. The zero-order valence-corrected chi connectivity index (χ0v) is 8.47. The number of rotatable bonds is 4. The van der Waals surface area contributed by atoms with Crippen LogP contribution >= 0.6 is 11.6 Å². The molecule has 1 aliphatic rings. The summed E-state index contributed by atoms with van der Waals surface area (Å²) < 4.78 is 5.11. The van der Waals surface area contributed by atoms with Gasteiger partial charge in [-0.15, -0.1) is 11.6 Å². The van der Waals surface area contributed by atoms with Crippen molar-refractivity contribution in [2.24, 2.45) is 0 Å². The lowest BCUT2D eigenvalue weighted by atomic mass is 10.1. The highest BCUT2D eigenvalue weighted by molar-refractivity contribution is 6.17. The van der Waals surface area contributed by atoms with Crippen molar-refractivity contribution in [1.29, 1.82) is 0 Å². The Kier molecular flexibility index (Phi) is 2.28. The van der Waals surface area contributed by atoms with E-state index in [1.54, 1.807) is 0 Å². The predicted molar refractivity (Wildman–Crippen MR) is 49.9 cm³/mol. The Balaban J connectivity index is 2.01. The normalized spacial score (nSPS) is 18.9. The third-order valence-electron chi connectivity index (χ3n) is 2.53. The van der Waals surface area contributed by atoms with Gasteiger partial charge in [-0.3, -0.25) is 0 Å². The second kappa shape index (κ2) is 3.29. The van der Waals surface area contributed by atoms with Crippen LogP contribution in [0.15, 0.2) is 4.52 Å². The van der Waals surface area contributed by atoms with Crippen LogP contribution in [0.25, 0.3) is 0 Å². The first-order valence-electron chi connectivity index (χ1n) is 4.64. The molecule has 72 valence electrons. The Hall–Kier alpha value is -0.570. The topological polar surface area (TPSA) is 38.9 Å². The molecule has 1 saturated carbocycles. The molecule has 0 radical (unpaired) electrons. The molecule has 0 atom stereocenters. The van der Waals surface area contributed by atoms with Crippen LogP contribution in [0.2, 0.25) is 0 Å². The second-order valence-electron chi connectivity index (χ2n) is 3.86. The van der Waals surface area contributed by atoms with E-state index in [9.17, 15) is 0 Å². The molecular formula is C9H13ClN2O. The number of hydrogen-bond donors (Lipinski definition) is 0. The van der Waals surface area contributed by atoms with Crippen LogP contribution < -0.4 is 0 Å². The molecule has 0 saturated heterocycles. The first kappa shape index (κ1) is 9.00. The molecule has 2 rings (SSSR count). The van der Waals surface area contributed by atoms with E-state index in [1.807, 2.05) is 0 Å². The van der Waals surface area contributed by atoms with Gasteiger partial charge >= 0.3 is 0 Å². The summed E-state index contributed by atoms with van der Waals surface area (Å²) in [5.41, 5.74) is 0.211. The van der Waals surface area contributed by atoms with E-state index in [0.29, 0.717) is 5.88 Å². The van der Waals surface area contributed by atoms with Gasteiger partial charge in [0.1, 0.15) is 0 Å². The van der Waals surface area contributed by atoms with E-state index >= 15 is 0 Å². The average Bonchev–Trinajstić information content (AvgIpc) is 2.69. The van der Waals surface area contributed by atoms with Crippen LogP contribution in [-0.2, 0) is 11.8 Å². The summed E-state index contributed by atoms with van der Waals surface area (Å²) in [4.78, 5) is 4.35. The SMILES string of the molecule is CC1(c2noc(CCCCl)n2)CC1. The van der Waals surface area contributed by atoms with Crippen molar-refractivity contribution in [3.05, 3.63) is 11.7 Å². The summed E-state index contributed by atoms with van der Waals surface area (Å²) in [5.74, 6) is 2.25. The Morgan fingerprint density at radius 1 is 1.54 bits per heavy atom. The number of hydrogen-bond acceptors (Lipinski definition) is 3. The summed E-state index contributed by atoms with van der Waals surface area (Å²) in [6.07, 6.45) is 4.06. The molecule has 1 aromatic rings. The van der Waals surface area contributed by atoms with Crippen LogP contribution in [0, 0.1) is 0 Å². The minimum atomic E-state index is 0.211. The molecule has 0 bridgehead atoms. The molecule has 4 heteroatoms. The van der Waals surface area contributed by atoms with E-state index in [1.165, 1.54) is 12.8 Å². The van der Waals surface area contributed by atoms with Crippen LogP contribution in [-0.4, -0.2) is 16.0 Å². The van der Waals surface area contributed by atoms with Crippen molar-refractivity contribution >= 4 is 11.6 Å². The summed E-state index contributed by atoms with van der Waals surface area (Å²) >= 11 is 5.57. The average molecular weight is 201 g/mol. The van der Waals surface area contributed by atoms with Crippen molar-refractivity contribution in [3.63, 3.8) is 0 Å². The highest BCUT2D eigenvalue weighted by atomic mass is 35.5. The molecule has 0 amide bonds. The fourth-order valence-corrected chi connectivity index (χ4v) is 1.36. The quantitative estimate of drug-likeness (QED) is 0.701. The molecule has 1 heterocycles. The number of alkyl halides is 1. The number of nitrogens with zero attached hydrogens (tertiary/aromatic N) is 2. The van der Waals surface area contributed by atoms with Gasteiger partial charge < -0.3 is 4.52 Å². The molecule has 1 fully saturated rings. The van der Waals surface area contributed by atoms with Gasteiger partial charge in [-0.05, 0) is 19.3 Å². The van der Waals surface area contributed by atoms with Gasteiger partial charge in [0, 0.05) is 17.7 Å². The largest absolute Gasteiger partial charge is 0.339 e. The Morgan fingerprint density at radius 3 is 2.92 bits per heavy atom. The van der Waals surface area contributed by atoms with Gasteiger partial charge in [0.05, 0.1) is 0 Å². The van der Waals surface area contributed by atoms with Crippen LogP contribution in [0.5, 0.6) is 0 Å². The molecule has 0 aromatic carbocycles. The van der Waals surface area contributed by atoms with Gasteiger partial charge in [0.15, 0.2) is 5.82 Å². The summed E-state index contributed by atoms with van der Waals surface area (Å²) in [6, 6.07) is 0. The molecule has 0 unspecified atom stereocenters. The Labute approximate surface area is 82.5 Å². The van der Waals surface area contributed by atoms with Crippen molar-refractivity contribution in [2.45, 2.75) is 38.0 Å². The molecule has 0 spiro atoms. The highest BCUT2D eigenvalue weighted by Crippen LogP contribution is 2.45. The van der Waals surface area contributed by atoms with Crippen LogP contribution in [0.1, 0.15) is 37.9 Å². The minimum absolute atomic E-state index is 0.211. The highest BCUT2D eigenvalue weighted by Gasteiger charge is 2.43. The molecule has 0 aliphatic heterocycles. The Bertz CT molecular complexity index is 294. The lowest BCUT2D eigenvalue weighted by molar-refractivity contribution is 0.368. The standard InChI is InChI=1S/C9H13ClN2O/c1-9(4-5-9)8-11-7(13-12-8)3-2-6-10/h2-6H2,1H3. The van der Waals surface area contributed by atoms with Crippen LogP contribution in [0.4, 0.5) is 0 Å². The fraction of sp³-hybridized carbons (Fsp3) is 0.778.